The normalized spacial score (nSPS) is 28.2. The average Bonchev–Trinajstić information content (AvgIpc) is 2.72. The van der Waals surface area contributed by atoms with Crippen molar-refractivity contribution in [2.75, 3.05) is 0 Å². The Bertz CT molecular complexity index is 499. The predicted molar refractivity (Wildman–Crippen MR) is 72.2 cm³/mol. The number of hydrogen-bond acceptors (Lipinski definition) is 3. The van der Waals surface area contributed by atoms with E-state index < -0.39 is 6.09 Å². The van der Waals surface area contributed by atoms with Gasteiger partial charge in [0, 0.05) is 30.5 Å². The van der Waals surface area contributed by atoms with Crippen LogP contribution in [0.4, 0.5) is 4.79 Å². The number of aldehydes is 1. The lowest BCUT2D eigenvalue weighted by atomic mass is 10.0. The minimum Gasteiger partial charge on any atom is -0.490 e. The number of carbonyl (C=O) groups is 2. The molecule has 1 aromatic carbocycles. The molecule has 0 saturated carbocycles. The van der Waals surface area contributed by atoms with Gasteiger partial charge in [-0.05, 0) is 37.1 Å². The first-order valence-corrected chi connectivity index (χ1v) is 6.90. The molecule has 5 heteroatoms. The molecule has 0 radical (unpaired) electrons. The molecule has 2 bridgehead atoms. The third-order valence-electron chi connectivity index (χ3n) is 4.23. The first-order chi connectivity index (χ1) is 9.67. The van der Waals surface area contributed by atoms with Gasteiger partial charge in [0.1, 0.15) is 18.1 Å². The third-order valence-corrected chi connectivity index (χ3v) is 4.23. The lowest BCUT2D eigenvalue weighted by molar-refractivity contribution is 0.0496. The number of benzene rings is 1. The van der Waals surface area contributed by atoms with Crippen LogP contribution in [0.25, 0.3) is 0 Å². The summed E-state index contributed by atoms with van der Waals surface area (Å²) in [5.41, 5.74) is 0.623. The van der Waals surface area contributed by atoms with Crippen molar-refractivity contribution in [3.8, 4) is 5.75 Å². The number of piperidine rings is 1. The summed E-state index contributed by atoms with van der Waals surface area (Å²) in [4.78, 5) is 23.4. The number of carbonyl (C=O) groups excluding carboxylic acids is 1. The Morgan fingerprint density at radius 3 is 2.30 bits per heavy atom. The van der Waals surface area contributed by atoms with Crippen molar-refractivity contribution in [1.82, 2.24) is 4.90 Å². The second-order valence-electron chi connectivity index (χ2n) is 5.47. The summed E-state index contributed by atoms with van der Waals surface area (Å²) in [6.45, 7) is 0. The van der Waals surface area contributed by atoms with Crippen molar-refractivity contribution >= 4 is 12.4 Å². The minimum atomic E-state index is -0.814. The quantitative estimate of drug-likeness (QED) is 0.861. The molecule has 2 fully saturated rings. The minimum absolute atomic E-state index is 0.0604. The molecule has 0 spiro atoms. The van der Waals surface area contributed by atoms with E-state index in [2.05, 4.69) is 0 Å². The topological polar surface area (TPSA) is 66.8 Å². The van der Waals surface area contributed by atoms with Crippen molar-refractivity contribution in [1.29, 1.82) is 0 Å². The van der Waals surface area contributed by atoms with E-state index in [1.54, 1.807) is 29.2 Å². The molecule has 2 aliphatic rings. The van der Waals surface area contributed by atoms with Gasteiger partial charge in [-0.1, -0.05) is 0 Å². The monoisotopic (exact) mass is 275 g/mol. The van der Waals surface area contributed by atoms with Crippen LogP contribution < -0.4 is 4.74 Å². The van der Waals surface area contributed by atoms with Crippen LogP contribution in [0.3, 0.4) is 0 Å². The molecule has 0 aliphatic carbocycles. The maximum absolute atomic E-state index is 11.2. The lowest BCUT2D eigenvalue weighted by Crippen LogP contribution is -2.48. The van der Waals surface area contributed by atoms with E-state index in [1.807, 2.05) is 0 Å². The average molecular weight is 275 g/mol. The van der Waals surface area contributed by atoms with Crippen LogP contribution in [0.2, 0.25) is 0 Å². The SMILES string of the molecule is O=Cc1ccc(OC2CC3CCC(C2)N3C(=O)O)cc1. The number of carboxylic acid groups (broad SMARTS) is 1. The second-order valence-corrected chi connectivity index (χ2v) is 5.47. The van der Waals surface area contributed by atoms with Gasteiger partial charge in [0.15, 0.2) is 0 Å². The van der Waals surface area contributed by atoms with Crippen molar-refractivity contribution in [3.63, 3.8) is 0 Å². The number of amides is 1. The molecule has 20 heavy (non-hydrogen) atoms. The molecule has 106 valence electrons. The highest BCUT2D eigenvalue weighted by Crippen LogP contribution is 2.37. The summed E-state index contributed by atoms with van der Waals surface area (Å²) in [5.74, 6) is 0.740. The molecule has 1 amide bonds. The van der Waals surface area contributed by atoms with Crippen LogP contribution >= 0.6 is 0 Å². The van der Waals surface area contributed by atoms with E-state index in [0.717, 1.165) is 37.7 Å². The third kappa shape index (κ3) is 2.35. The Kier molecular flexibility index (Phi) is 3.34. The lowest BCUT2D eigenvalue weighted by Gasteiger charge is -2.37. The first kappa shape index (κ1) is 13.0. The highest BCUT2D eigenvalue weighted by Gasteiger charge is 2.44. The number of ether oxygens (including phenoxy) is 1. The van der Waals surface area contributed by atoms with E-state index in [-0.39, 0.29) is 18.2 Å². The van der Waals surface area contributed by atoms with Crippen molar-refractivity contribution in [2.24, 2.45) is 0 Å². The number of rotatable bonds is 3. The van der Waals surface area contributed by atoms with Crippen LogP contribution in [0, 0.1) is 0 Å². The van der Waals surface area contributed by atoms with E-state index in [4.69, 9.17) is 4.74 Å². The van der Waals surface area contributed by atoms with Gasteiger partial charge in [-0.3, -0.25) is 4.79 Å². The zero-order valence-corrected chi connectivity index (χ0v) is 11.1. The van der Waals surface area contributed by atoms with Crippen molar-refractivity contribution in [2.45, 2.75) is 43.9 Å². The van der Waals surface area contributed by atoms with Crippen LogP contribution in [0.1, 0.15) is 36.0 Å². The highest BCUT2D eigenvalue weighted by molar-refractivity contribution is 5.74. The summed E-state index contributed by atoms with van der Waals surface area (Å²) in [5, 5.41) is 9.20. The second kappa shape index (κ2) is 5.15. The molecule has 5 nitrogen and oxygen atoms in total. The van der Waals surface area contributed by atoms with E-state index in [0.29, 0.717) is 5.56 Å². The molecule has 2 saturated heterocycles. The van der Waals surface area contributed by atoms with Crippen LogP contribution in [-0.4, -0.2) is 40.6 Å². The molecular formula is C15H17NO4. The Morgan fingerprint density at radius 2 is 1.80 bits per heavy atom. The van der Waals surface area contributed by atoms with Gasteiger partial charge in [0.05, 0.1) is 0 Å². The zero-order chi connectivity index (χ0) is 14.1. The molecule has 2 heterocycles. The van der Waals surface area contributed by atoms with E-state index in [9.17, 15) is 14.7 Å². The molecule has 1 aromatic rings. The first-order valence-electron chi connectivity index (χ1n) is 6.90. The fourth-order valence-electron chi connectivity index (χ4n) is 3.35. The van der Waals surface area contributed by atoms with Gasteiger partial charge in [0.25, 0.3) is 0 Å². The number of fused-ring (bicyclic) bond motifs is 2. The summed E-state index contributed by atoms with van der Waals surface area (Å²) in [6.07, 6.45) is 3.41. The summed E-state index contributed by atoms with van der Waals surface area (Å²) < 4.78 is 5.93. The maximum Gasteiger partial charge on any atom is 0.407 e. The van der Waals surface area contributed by atoms with E-state index in [1.165, 1.54) is 0 Å². The molecule has 3 rings (SSSR count). The largest absolute Gasteiger partial charge is 0.490 e. The Balaban J connectivity index is 1.65. The smallest absolute Gasteiger partial charge is 0.407 e. The Morgan fingerprint density at radius 1 is 1.20 bits per heavy atom. The molecule has 2 atom stereocenters. The maximum atomic E-state index is 11.2. The summed E-state index contributed by atoms with van der Waals surface area (Å²) in [7, 11) is 0. The predicted octanol–water partition coefficient (Wildman–Crippen LogP) is 2.55. The molecule has 0 aromatic heterocycles. The molecule has 1 N–H and O–H groups in total. The van der Waals surface area contributed by atoms with Crippen molar-refractivity contribution in [3.05, 3.63) is 29.8 Å². The van der Waals surface area contributed by atoms with Gasteiger partial charge < -0.3 is 14.7 Å². The van der Waals surface area contributed by atoms with Crippen LogP contribution in [-0.2, 0) is 0 Å². The fourth-order valence-corrected chi connectivity index (χ4v) is 3.35. The van der Waals surface area contributed by atoms with Crippen LogP contribution in [0.15, 0.2) is 24.3 Å². The van der Waals surface area contributed by atoms with Gasteiger partial charge in [-0.2, -0.15) is 0 Å². The summed E-state index contributed by atoms with van der Waals surface area (Å²) >= 11 is 0. The molecule has 2 aliphatic heterocycles. The van der Waals surface area contributed by atoms with Crippen LogP contribution in [0.5, 0.6) is 5.75 Å². The summed E-state index contributed by atoms with van der Waals surface area (Å²) in [6, 6.07) is 7.20. The standard InChI is InChI=1S/C15H17NO4/c17-9-10-1-5-13(6-2-10)20-14-7-11-3-4-12(8-14)16(11)15(18)19/h1-2,5-6,9,11-12,14H,3-4,7-8H2,(H,18,19). The Labute approximate surface area is 117 Å². The van der Waals surface area contributed by atoms with Crippen molar-refractivity contribution < 1.29 is 19.4 Å². The van der Waals surface area contributed by atoms with Gasteiger partial charge in [0.2, 0.25) is 0 Å². The van der Waals surface area contributed by atoms with Gasteiger partial charge in [-0.15, -0.1) is 0 Å². The Hall–Kier alpha value is -2.04. The van der Waals surface area contributed by atoms with Gasteiger partial charge in [-0.25, -0.2) is 4.79 Å². The zero-order valence-electron chi connectivity index (χ0n) is 11.1. The van der Waals surface area contributed by atoms with E-state index >= 15 is 0 Å². The number of hydrogen-bond donors (Lipinski definition) is 1. The molecular weight excluding hydrogens is 258 g/mol. The molecule has 2 unspecified atom stereocenters. The fraction of sp³-hybridized carbons (Fsp3) is 0.467. The number of nitrogens with zero attached hydrogens (tertiary/aromatic N) is 1. The highest BCUT2D eigenvalue weighted by atomic mass is 16.5. The van der Waals surface area contributed by atoms with Gasteiger partial charge >= 0.3 is 6.09 Å².